The number of rotatable bonds is 7. The van der Waals surface area contributed by atoms with Gasteiger partial charge in [0.1, 0.15) is 17.1 Å². The molecule has 2 atom stereocenters. The molecular formula is C18H23NO4. The zero-order chi connectivity index (χ0) is 16.8. The number of aryl methyl sites for hydroxylation is 1. The van der Waals surface area contributed by atoms with Gasteiger partial charge in [-0.15, -0.1) is 0 Å². The second-order valence-corrected chi connectivity index (χ2v) is 5.62. The number of hydrogen-bond donors (Lipinski definition) is 2. The fraction of sp³-hybridized carbons (Fsp3) is 0.389. The first-order chi connectivity index (χ1) is 11.0. The van der Waals surface area contributed by atoms with Gasteiger partial charge in [0.2, 0.25) is 0 Å². The Morgan fingerprint density at radius 1 is 1.35 bits per heavy atom. The molecule has 0 aliphatic rings. The minimum atomic E-state index is -0.511. The van der Waals surface area contributed by atoms with Gasteiger partial charge >= 0.3 is 5.97 Å². The summed E-state index contributed by atoms with van der Waals surface area (Å²) in [6.07, 6.45) is 0.0794. The highest BCUT2D eigenvalue weighted by atomic mass is 16.5. The number of aliphatic hydroxyl groups is 1. The third-order valence-corrected chi connectivity index (χ3v) is 3.76. The molecule has 2 aromatic rings. The zero-order valence-electron chi connectivity index (χ0n) is 13.7. The van der Waals surface area contributed by atoms with E-state index in [1.54, 1.807) is 13.0 Å². The Morgan fingerprint density at radius 2 is 2.04 bits per heavy atom. The monoisotopic (exact) mass is 317 g/mol. The van der Waals surface area contributed by atoms with Crippen LogP contribution in [0, 0.1) is 6.92 Å². The van der Waals surface area contributed by atoms with Crippen LogP contribution in [-0.2, 0) is 11.3 Å². The summed E-state index contributed by atoms with van der Waals surface area (Å²) >= 11 is 0. The van der Waals surface area contributed by atoms with Gasteiger partial charge in [-0.2, -0.15) is 0 Å². The van der Waals surface area contributed by atoms with Crippen molar-refractivity contribution in [2.45, 2.75) is 39.0 Å². The molecule has 0 aliphatic carbocycles. The Labute approximate surface area is 136 Å². The molecule has 0 saturated heterocycles. The van der Waals surface area contributed by atoms with Crippen LogP contribution in [0.3, 0.4) is 0 Å². The molecule has 0 spiro atoms. The Bertz CT molecular complexity index is 636. The van der Waals surface area contributed by atoms with Crippen LogP contribution in [0.1, 0.15) is 46.9 Å². The molecule has 0 bridgehead atoms. The third-order valence-electron chi connectivity index (χ3n) is 3.76. The molecule has 2 unspecified atom stereocenters. The minimum absolute atomic E-state index is 0.0946. The van der Waals surface area contributed by atoms with Gasteiger partial charge in [-0.3, -0.25) is 0 Å². The van der Waals surface area contributed by atoms with Crippen LogP contribution in [0.2, 0.25) is 0 Å². The lowest BCUT2D eigenvalue weighted by Crippen LogP contribution is -2.27. The third kappa shape index (κ3) is 4.68. The van der Waals surface area contributed by atoms with Gasteiger partial charge < -0.3 is 19.6 Å². The maximum atomic E-state index is 11.6. The number of carbonyl (C=O) groups is 1. The summed E-state index contributed by atoms with van der Waals surface area (Å²) in [5.41, 5.74) is 1.35. The fourth-order valence-electron chi connectivity index (χ4n) is 2.45. The lowest BCUT2D eigenvalue weighted by molar-refractivity contribution is 0.0599. The molecule has 1 aromatic heterocycles. The average molecular weight is 317 g/mol. The van der Waals surface area contributed by atoms with E-state index in [0.29, 0.717) is 30.0 Å². The van der Waals surface area contributed by atoms with Gasteiger partial charge in [0.25, 0.3) is 0 Å². The molecule has 5 heteroatoms. The van der Waals surface area contributed by atoms with Gasteiger partial charge in [-0.25, -0.2) is 4.79 Å². The summed E-state index contributed by atoms with van der Waals surface area (Å²) in [5.74, 6) is 0.819. The first-order valence-corrected chi connectivity index (χ1v) is 7.65. The van der Waals surface area contributed by atoms with Gasteiger partial charge in [-0.1, -0.05) is 30.3 Å². The largest absolute Gasteiger partial charge is 0.465 e. The molecule has 0 radical (unpaired) electrons. The predicted molar refractivity (Wildman–Crippen MR) is 87.1 cm³/mol. The zero-order valence-corrected chi connectivity index (χ0v) is 13.7. The van der Waals surface area contributed by atoms with Crippen molar-refractivity contribution in [1.29, 1.82) is 0 Å². The Balaban J connectivity index is 1.87. The van der Waals surface area contributed by atoms with Crippen LogP contribution >= 0.6 is 0 Å². The van der Waals surface area contributed by atoms with E-state index >= 15 is 0 Å². The molecule has 23 heavy (non-hydrogen) atoms. The number of furan rings is 1. The molecule has 1 heterocycles. The Kier molecular flexibility index (Phi) is 5.96. The maximum Gasteiger partial charge on any atom is 0.341 e. The predicted octanol–water partition coefficient (Wildman–Crippen LogP) is 2.98. The van der Waals surface area contributed by atoms with Gasteiger partial charge in [0, 0.05) is 6.04 Å². The van der Waals surface area contributed by atoms with Crippen molar-refractivity contribution >= 4 is 5.97 Å². The normalized spacial score (nSPS) is 13.6. The van der Waals surface area contributed by atoms with Crippen LogP contribution in [-0.4, -0.2) is 24.2 Å². The molecule has 2 N–H and O–H groups in total. The molecule has 0 aliphatic heterocycles. The topological polar surface area (TPSA) is 71.7 Å². The number of nitrogens with one attached hydrogen (secondary N) is 1. The van der Waals surface area contributed by atoms with E-state index < -0.39 is 12.1 Å². The summed E-state index contributed by atoms with van der Waals surface area (Å²) in [6.45, 7) is 4.22. The average Bonchev–Trinajstić information content (AvgIpc) is 2.94. The van der Waals surface area contributed by atoms with Crippen molar-refractivity contribution in [3.8, 4) is 0 Å². The number of hydrogen-bond acceptors (Lipinski definition) is 5. The van der Waals surface area contributed by atoms with Crippen molar-refractivity contribution in [3.05, 3.63) is 59.0 Å². The second-order valence-electron chi connectivity index (χ2n) is 5.62. The minimum Gasteiger partial charge on any atom is -0.465 e. The summed E-state index contributed by atoms with van der Waals surface area (Å²) in [6, 6.07) is 11.4. The van der Waals surface area contributed by atoms with E-state index in [1.807, 2.05) is 37.3 Å². The highest BCUT2D eigenvalue weighted by Gasteiger charge is 2.16. The van der Waals surface area contributed by atoms with Crippen molar-refractivity contribution in [2.75, 3.05) is 7.11 Å². The molecule has 1 aromatic carbocycles. The second kappa shape index (κ2) is 7.94. The summed E-state index contributed by atoms with van der Waals surface area (Å²) in [7, 11) is 1.35. The lowest BCUT2D eigenvalue weighted by Gasteiger charge is -2.17. The summed E-state index contributed by atoms with van der Waals surface area (Å²) in [4.78, 5) is 11.6. The highest BCUT2D eigenvalue weighted by Crippen LogP contribution is 2.19. The van der Waals surface area contributed by atoms with Gasteiger partial charge in [0.15, 0.2) is 0 Å². The van der Waals surface area contributed by atoms with E-state index in [2.05, 4.69) is 5.32 Å². The quantitative estimate of drug-likeness (QED) is 0.768. The number of benzene rings is 1. The number of aliphatic hydroxyl groups excluding tert-OH is 1. The van der Waals surface area contributed by atoms with E-state index in [0.717, 1.165) is 5.56 Å². The smallest absolute Gasteiger partial charge is 0.341 e. The van der Waals surface area contributed by atoms with Crippen LogP contribution in [0.15, 0.2) is 40.8 Å². The van der Waals surface area contributed by atoms with E-state index in [1.165, 1.54) is 7.11 Å². The van der Waals surface area contributed by atoms with Crippen LogP contribution < -0.4 is 5.32 Å². The van der Waals surface area contributed by atoms with Gasteiger partial charge in [0.05, 0.1) is 19.8 Å². The molecule has 0 fully saturated rings. The number of ether oxygens (including phenoxy) is 1. The van der Waals surface area contributed by atoms with E-state index in [4.69, 9.17) is 9.15 Å². The SMILES string of the molecule is COC(=O)c1cc(CNC(C)CC(O)c2ccccc2)oc1C. The molecule has 124 valence electrons. The molecule has 5 nitrogen and oxygen atoms in total. The lowest BCUT2D eigenvalue weighted by atomic mass is 10.0. The van der Waals surface area contributed by atoms with Crippen LogP contribution in [0.4, 0.5) is 0 Å². The van der Waals surface area contributed by atoms with Crippen LogP contribution in [0.5, 0.6) is 0 Å². The van der Waals surface area contributed by atoms with Crippen molar-refractivity contribution in [3.63, 3.8) is 0 Å². The van der Waals surface area contributed by atoms with Crippen molar-refractivity contribution < 1.29 is 19.1 Å². The summed E-state index contributed by atoms with van der Waals surface area (Å²) in [5, 5.41) is 13.5. The number of methoxy groups -OCH3 is 1. The molecule has 0 amide bonds. The first kappa shape index (κ1) is 17.2. The molecule has 2 rings (SSSR count). The van der Waals surface area contributed by atoms with E-state index in [9.17, 15) is 9.90 Å². The molecule has 0 saturated carbocycles. The number of carbonyl (C=O) groups excluding carboxylic acids is 1. The highest BCUT2D eigenvalue weighted by molar-refractivity contribution is 5.90. The van der Waals surface area contributed by atoms with Crippen LogP contribution in [0.25, 0.3) is 0 Å². The van der Waals surface area contributed by atoms with E-state index in [-0.39, 0.29) is 6.04 Å². The van der Waals surface area contributed by atoms with Crippen molar-refractivity contribution in [2.24, 2.45) is 0 Å². The first-order valence-electron chi connectivity index (χ1n) is 7.65. The standard InChI is InChI=1S/C18H23NO4/c1-12(9-17(20)14-7-5-4-6-8-14)19-11-15-10-16(13(2)23-15)18(21)22-3/h4-8,10,12,17,19-20H,9,11H2,1-3H3. The number of esters is 1. The Hall–Kier alpha value is -2.11. The van der Waals surface area contributed by atoms with Gasteiger partial charge in [-0.05, 0) is 31.9 Å². The molecular weight excluding hydrogens is 294 g/mol. The maximum absolute atomic E-state index is 11.6. The van der Waals surface area contributed by atoms with Crippen molar-refractivity contribution in [1.82, 2.24) is 5.32 Å². The Morgan fingerprint density at radius 3 is 2.70 bits per heavy atom. The fourth-order valence-corrected chi connectivity index (χ4v) is 2.45. The summed E-state index contributed by atoms with van der Waals surface area (Å²) < 4.78 is 10.3.